The summed E-state index contributed by atoms with van der Waals surface area (Å²) in [6.07, 6.45) is 0. The molecule has 0 aliphatic heterocycles. The van der Waals surface area contributed by atoms with E-state index in [-0.39, 0.29) is 11.7 Å². The molecule has 25 heavy (non-hydrogen) atoms. The Bertz CT molecular complexity index is 1120. The zero-order valence-electron chi connectivity index (χ0n) is 13.8. The van der Waals surface area contributed by atoms with E-state index < -0.39 is 0 Å². The molecule has 0 amide bonds. The highest BCUT2D eigenvalue weighted by Crippen LogP contribution is 2.23. The summed E-state index contributed by atoms with van der Waals surface area (Å²) in [6.45, 7) is 3.82. The Morgan fingerprint density at radius 3 is 2.84 bits per heavy atom. The van der Waals surface area contributed by atoms with Crippen molar-refractivity contribution >= 4 is 33.7 Å². The van der Waals surface area contributed by atoms with Gasteiger partial charge in [0.1, 0.15) is 11.3 Å². The lowest BCUT2D eigenvalue weighted by atomic mass is 10.1. The Labute approximate surface area is 143 Å². The third-order valence-electron chi connectivity index (χ3n) is 3.99. The lowest BCUT2D eigenvalue weighted by Crippen LogP contribution is -2.03. The number of anilines is 1. The number of rotatable bonds is 3. The van der Waals surface area contributed by atoms with Crippen molar-refractivity contribution in [3.63, 3.8) is 0 Å². The average Bonchev–Trinajstić information content (AvgIpc) is 2.97. The second kappa shape index (κ2) is 5.86. The Kier molecular flexibility index (Phi) is 3.53. The minimum Gasteiger partial charge on any atom is -0.507 e. The molecule has 2 aromatic heterocycles. The molecule has 124 valence electrons. The molecule has 4 rings (SSSR count). The second-order valence-electron chi connectivity index (χ2n) is 5.83. The molecule has 3 N–H and O–H groups in total. The molecule has 0 radical (unpaired) electrons. The highest BCUT2D eigenvalue weighted by molar-refractivity contribution is 6.03. The molecule has 0 fully saturated rings. The summed E-state index contributed by atoms with van der Waals surface area (Å²) in [5.41, 5.74) is 7.55. The Hall–Kier alpha value is -3.48. The van der Waals surface area contributed by atoms with Gasteiger partial charge < -0.3 is 10.1 Å². The first-order chi connectivity index (χ1) is 12.1. The maximum absolute atomic E-state index is 9.87. The molecule has 4 aromatic rings. The summed E-state index contributed by atoms with van der Waals surface area (Å²) in [4.78, 5) is 7.65. The number of H-pyrrole nitrogens is 1. The van der Waals surface area contributed by atoms with E-state index >= 15 is 0 Å². The van der Waals surface area contributed by atoms with Crippen molar-refractivity contribution in [2.45, 2.75) is 13.8 Å². The normalized spacial score (nSPS) is 12.0. The van der Waals surface area contributed by atoms with Crippen LogP contribution >= 0.6 is 0 Å². The van der Waals surface area contributed by atoms with Crippen LogP contribution in [0.4, 0.5) is 5.95 Å². The standard InChI is InChI=1S/C18H16N6O/c1-10-7-8-14-13(9-10)16-17(19-14)20-18(24-22-16)23-21-11(2)12-5-3-4-6-15(12)25/h3-9,25H,1-2H3,(H2,19,20,23,24)/b21-11-. The maximum atomic E-state index is 9.87. The number of hydrogen-bond acceptors (Lipinski definition) is 6. The van der Waals surface area contributed by atoms with Gasteiger partial charge >= 0.3 is 0 Å². The van der Waals surface area contributed by atoms with E-state index in [1.54, 1.807) is 25.1 Å². The van der Waals surface area contributed by atoms with Crippen LogP contribution in [-0.4, -0.2) is 31.0 Å². The van der Waals surface area contributed by atoms with E-state index in [1.807, 2.05) is 25.1 Å². The minimum absolute atomic E-state index is 0.172. The van der Waals surface area contributed by atoms with Gasteiger partial charge in [-0.3, -0.25) is 0 Å². The van der Waals surface area contributed by atoms with Crippen LogP contribution in [0.3, 0.4) is 0 Å². The summed E-state index contributed by atoms with van der Waals surface area (Å²) >= 11 is 0. The number of hydrogen-bond donors (Lipinski definition) is 3. The summed E-state index contributed by atoms with van der Waals surface area (Å²) in [5, 5.41) is 23.4. The lowest BCUT2D eigenvalue weighted by Gasteiger charge is -2.04. The van der Waals surface area contributed by atoms with Gasteiger partial charge in [0.25, 0.3) is 5.95 Å². The molecular formula is C18H16N6O. The lowest BCUT2D eigenvalue weighted by molar-refractivity contribution is 0.474. The number of nitrogens with one attached hydrogen (secondary N) is 2. The van der Waals surface area contributed by atoms with Gasteiger partial charge in [-0.1, -0.05) is 23.8 Å². The van der Waals surface area contributed by atoms with E-state index in [0.29, 0.717) is 16.9 Å². The van der Waals surface area contributed by atoms with Crippen molar-refractivity contribution in [1.29, 1.82) is 0 Å². The van der Waals surface area contributed by atoms with E-state index in [2.05, 4.69) is 36.8 Å². The number of hydrazone groups is 1. The number of fused-ring (bicyclic) bond motifs is 3. The fourth-order valence-corrected chi connectivity index (χ4v) is 2.71. The predicted octanol–water partition coefficient (Wildman–Crippen LogP) is 3.36. The average molecular weight is 332 g/mol. The quantitative estimate of drug-likeness (QED) is 0.395. The Morgan fingerprint density at radius 1 is 1.16 bits per heavy atom. The molecular weight excluding hydrogens is 316 g/mol. The van der Waals surface area contributed by atoms with E-state index in [0.717, 1.165) is 22.0 Å². The molecule has 2 heterocycles. The van der Waals surface area contributed by atoms with Gasteiger partial charge in [-0.15, -0.1) is 10.2 Å². The predicted molar refractivity (Wildman–Crippen MR) is 97.9 cm³/mol. The molecule has 0 unspecified atom stereocenters. The number of aromatic hydroxyl groups is 1. The van der Waals surface area contributed by atoms with Gasteiger partial charge in [-0.05, 0) is 38.1 Å². The highest BCUT2D eigenvalue weighted by atomic mass is 16.3. The summed E-state index contributed by atoms with van der Waals surface area (Å²) in [5.74, 6) is 0.455. The van der Waals surface area contributed by atoms with Crippen LogP contribution in [0, 0.1) is 6.92 Å². The SMILES string of the molecule is C/C(=N/Nc1nnc2c(n1)[nH]c1ccc(C)cc12)c1ccccc1O. The van der Waals surface area contributed by atoms with Crippen LogP contribution in [0.1, 0.15) is 18.1 Å². The van der Waals surface area contributed by atoms with Crippen molar-refractivity contribution in [2.75, 3.05) is 5.43 Å². The van der Waals surface area contributed by atoms with Gasteiger partial charge in [0.2, 0.25) is 0 Å². The number of phenols is 1. The molecule has 0 atom stereocenters. The molecule has 7 heteroatoms. The topological polar surface area (TPSA) is 99.1 Å². The van der Waals surface area contributed by atoms with Crippen LogP contribution in [0.2, 0.25) is 0 Å². The third kappa shape index (κ3) is 2.76. The van der Waals surface area contributed by atoms with Crippen LogP contribution in [0.5, 0.6) is 5.75 Å². The number of nitrogens with zero attached hydrogens (tertiary/aromatic N) is 4. The first kappa shape index (κ1) is 15.1. The zero-order valence-corrected chi connectivity index (χ0v) is 13.8. The first-order valence-corrected chi connectivity index (χ1v) is 7.83. The number of phenolic OH excluding ortho intramolecular Hbond substituents is 1. The van der Waals surface area contributed by atoms with Gasteiger partial charge in [0, 0.05) is 16.5 Å². The molecule has 0 saturated heterocycles. The van der Waals surface area contributed by atoms with E-state index in [1.165, 1.54) is 0 Å². The molecule has 0 aliphatic rings. The molecule has 0 bridgehead atoms. The highest BCUT2D eigenvalue weighted by Gasteiger charge is 2.09. The van der Waals surface area contributed by atoms with Crippen molar-refractivity contribution in [3.8, 4) is 5.75 Å². The zero-order chi connectivity index (χ0) is 17.4. The number of para-hydroxylation sites is 1. The van der Waals surface area contributed by atoms with E-state index in [9.17, 15) is 5.11 Å². The van der Waals surface area contributed by atoms with Crippen LogP contribution in [-0.2, 0) is 0 Å². The summed E-state index contributed by atoms with van der Waals surface area (Å²) < 4.78 is 0. The van der Waals surface area contributed by atoms with Gasteiger partial charge in [0.05, 0.1) is 5.71 Å². The number of benzene rings is 2. The summed E-state index contributed by atoms with van der Waals surface area (Å²) in [6, 6.07) is 13.1. The maximum Gasteiger partial charge on any atom is 0.265 e. The minimum atomic E-state index is 0.172. The van der Waals surface area contributed by atoms with Gasteiger partial charge in [-0.25, -0.2) is 5.43 Å². The van der Waals surface area contributed by atoms with Crippen LogP contribution in [0.25, 0.3) is 22.1 Å². The van der Waals surface area contributed by atoms with Crippen molar-refractivity contribution < 1.29 is 5.11 Å². The Balaban J connectivity index is 1.67. The van der Waals surface area contributed by atoms with Crippen molar-refractivity contribution in [2.24, 2.45) is 5.10 Å². The fraction of sp³-hybridized carbons (Fsp3) is 0.111. The number of aromatic nitrogens is 4. The second-order valence-corrected chi connectivity index (χ2v) is 5.83. The smallest absolute Gasteiger partial charge is 0.265 e. The number of aromatic amines is 1. The monoisotopic (exact) mass is 332 g/mol. The molecule has 7 nitrogen and oxygen atoms in total. The molecule has 0 saturated carbocycles. The third-order valence-corrected chi connectivity index (χ3v) is 3.99. The Morgan fingerprint density at radius 2 is 2.00 bits per heavy atom. The van der Waals surface area contributed by atoms with Gasteiger partial charge in [0.15, 0.2) is 5.65 Å². The summed E-state index contributed by atoms with van der Waals surface area (Å²) in [7, 11) is 0. The van der Waals surface area contributed by atoms with Crippen LogP contribution < -0.4 is 5.43 Å². The molecule has 2 aromatic carbocycles. The number of aryl methyl sites for hydroxylation is 1. The fourth-order valence-electron chi connectivity index (χ4n) is 2.71. The van der Waals surface area contributed by atoms with Gasteiger partial charge in [-0.2, -0.15) is 10.1 Å². The van der Waals surface area contributed by atoms with Crippen molar-refractivity contribution in [3.05, 3.63) is 53.6 Å². The molecule has 0 spiro atoms. The first-order valence-electron chi connectivity index (χ1n) is 7.83. The van der Waals surface area contributed by atoms with E-state index in [4.69, 9.17) is 0 Å². The largest absolute Gasteiger partial charge is 0.507 e. The molecule has 0 aliphatic carbocycles. The van der Waals surface area contributed by atoms with Crippen LogP contribution in [0.15, 0.2) is 47.6 Å². The van der Waals surface area contributed by atoms with Crippen molar-refractivity contribution in [1.82, 2.24) is 20.2 Å².